The van der Waals surface area contributed by atoms with Crippen LogP contribution in [-0.4, -0.2) is 64.2 Å². The number of nitrogens with one attached hydrogen (secondary N) is 1. The highest BCUT2D eigenvalue weighted by Gasteiger charge is 2.30. The van der Waals surface area contributed by atoms with Crippen molar-refractivity contribution in [1.29, 1.82) is 0 Å². The zero-order chi connectivity index (χ0) is 22.2. The lowest BCUT2D eigenvalue weighted by atomic mass is 9.97. The van der Waals surface area contributed by atoms with Gasteiger partial charge in [0.1, 0.15) is 16.4 Å². The molecule has 1 aromatic carbocycles. The molecule has 0 radical (unpaired) electrons. The van der Waals surface area contributed by atoms with Crippen LogP contribution in [0.3, 0.4) is 0 Å². The fourth-order valence-corrected chi connectivity index (χ4v) is 5.84. The van der Waals surface area contributed by atoms with Crippen LogP contribution in [0.4, 0.5) is 0 Å². The maximum Gasteiger partial charge on any atom is 0.270 e. The third kappa shape index (κ3) is 3.99. The molecule has 0 spiro atoms. The molecule has 8 nitrogen and oxygen atoms in total. The van der Waals surface area contributed by atoms with Gasteiger partial charge in [-0.2, -0.15) is 4.31 Å². The number of nitrogens with zero attached hydrogens (tertiary/aromatic N) is 4. The van der Waals surface area contributed by atoms with Crippen molar-refractivity contribution < 1.29 is 13.2 Å². The largest absolute Gasteiger partial charge is 0.345 e. The molecular weight excluding hydrogens is 414 g/mol. The summed E-state index contributed by atoms with van der Waals surface area (Å²) in [6.45, 7) is 5.61. The second-order valence-corrected chi connectivity index (χ2v) is 9.93. The summed E-state index contributed by atoms with van der Waals surface area (Å²) in [7, 11) is -1.89. The fourth-order valence-electron chi connectivity index (χ4n) is 4.31. The molecule has 3 heterocycles. The number of fused-ring (bicyclic) bond motifs is 1. The minimum atomic E-state index is -3.61. The van der Waals surface area contributed by atoms with Crippen molar-refractivity contribution in [2.45, 2.75) is 37.5 Å². The monoisotopic (exact) mass is 443 g/mol. The van der Waals surface area contributed by atoms with E-state index in [4.69, 9.17) is 4.98 Å². The first kappa shape index (κ1) is 21.6. The summed E-state index contributed by atoms with van der Waals surface area (Å²) in [4.78, 5) is 23.4. The Bertz CT molecular complexity index is 1160. The molecule has 1 fully saturated rings. The number of carbonyl (C=O) groups excluding carboxylic acids is 1. The Kier molecular flexibility index (Phi) is 5.90. The van der Waals surface area contributed by atoms with E-state index in [1.54, 1.807) is 11.6 Å². The Balaban J connectivity index is 1.56. The summed E-state index contributed by atoms with van der Waals surface area (Å²) >= 11 is 0. The summed E-state index contributed by atoms with van der Waals surface area (Å²) in [5.74, 6) is 0.879. The van der Waals surface area contributed by atoms with Gasteiger partial charge in [0.05, 0.1) is 11.0 Å². The summed E-state index contributed by atoms with van der Waals surface area (Å²) < 4.78 is 28.7. The minimum Gasteiger partial charge on any atom is -0.345 e. The molecule has 1 aliphatic heterocycles. The van der Waals surface area contributed by atoms with Gasteiger partial charge in [0.15, 0.2) is 0 Å². The number of para-hydroxylation sites is 2. The number of hydrogen-bond donors (Lipinski definition) is 1. The van der Waals surface area contributed by atoms with Crippen LogP contribution in [0.1, 0.15) is 48.9 Å². The predicted octanol–water partition coefficient (Wildman–Crippen LogP) is 2.95. The topological polar surface area (TPSA) is 91.3 Å². The second kappa shape index (κ2) is 8.47. The zero-order valence-electron chi connectivity index (χ0n) is 18.2. The van der Waals surface area contributed by atoms with Crippen molar-refractivity contribution in [2.75, 3.05) is 26.2 Å². The molecule has 4 rings (SSSR count). The number of aromatic nitrogens is 3. The fraction of sp³-hybridized carbons (Fsp3) is 0.455. The van der Waals surface area contributed by atoms with Gasteiger partial charge >= 0.3 is 0 Å². The van der Waals surface area contributed by atoms with Crippen molar-refractivity contribution >= 4 is 27.0 Å². The number of sulfonamides is 1. The number of aryl methyl sites for hydroxylation is 1. The molecule has 0 saturated carbocycles. The van der Waals surface area contributed by atoms with Crippen LogP contribution in [0.5, 0.6) is 0 Å². The van der Waals surface area contributed by atoms with Gasteiger partial charge in [0, 0.05) is 45.3 Å². The molecule has 1 N–H and O–H groups in total. The van der Waals surface area contributed by atoms with Crippen molar-refractivity contribution in [1.82, 2.24) is 23.7 Å². The molecule has 1 atom stereocenters. The summed E-state index contributed by atoms with van der Waals surface area (Å²) in [5.41, 5.74) is 2.31. The van der Waals surface area contributed by atoms with Gasteiger partial charge < -0.3 is 14.5 Å². The highest BCUT2D eigenvalue weighted by atomic mass is 32.2. The molecule has 1 amide bonds. The van der Waals surface area contributed by atoms with Crippen molar-refractivity contribution in [2.24, 2.45) is 7.05 Å². The minimum absolute atomic E-state index is 0.129. The Morgan fingerprint density at radius 2 is 2.00 bits per heavy atom. The van der Waals surface area contributed by atoms with E-state index < -0.39 is 10.0 Å². The first-order valence-corrected chi connectivity index (χ1v) is 12.2. The number of imidazole rings is 1. The third-order valence-electron chi connectivity index (χ3n) is 6.05. The lowest BCUT2D eigenvalue weighted by Crippen LogP contribution is -2.40. The van der Waals surface area contributed by atoms with E-state index in [0.717, 1.165) is 29.7 Å². The smallest absolute Gasteiger partial charge is 0.270 e. The van der Waals surface area contributed by atoms with Gasteiger partial charge in [-0.1, -0.05) is 26.0 Å². The van der Waals surface area contributed by atoms with Gasteiger partial charge in [-0.3, -0.25) is 4.79 Å². The number of aromatic amines is 1. The first-order valence-electron chi connectivity index (χ1n) is 10.8. The first-order chi connectivity index (χ1) is 14.8. The average Bonchev–Trinajstić information content (AvgIpc) is 3.38. The van der Waals surface area contributed by atoms with Gasteiger partial charge in [-0.25, -0.2) is 13.4 Å². The Hall–Kier alpha value is -2.65. The maximum atomic E-state index is 13.3. The molecule has 31 heavy (non-hydrogen) atoms. The molecular formula is C22H29N5O3S. The number of rotatable bonds is 6. The van der Waals surface area contributed by atoms with Crippen LogP contribution < -0.4 is 0 Å². The predicted molar refractivity (Wildman–Crippen MR) is 119 cm³/mol. The van der Waals surface area contributed by atoms with Crippen molar-refractivity contribution in [3.63, 3.8) is 0 Å². The van der Waals surface area contributed by atoms with E-state index in [-0.39, 0.29) is 16.7 Å². The van der Waals surface area contributed by atoms with E-state index in [1.807, 2.05) is 43.0 Å². The second-order valence-electron chi connectivity index (χ2n) is 7.99. The third-order valence-corrected chi connectivity index (χ3v) is 8.06. The number of piperidine rings is 1. The number of benzene rings is 1. The van der Waals surface area contributed by atoms with Gasteiger partial charge in [-0.05, 0) is 31.0 Å². The molecule has 1 saturated heterocycles. The van der Waals surface area contributed by atoms with E-state index in [0.29, 0.717) is 31.9 Å². The van der Waals surface area contributed by atoms with Crippen LogP contribution >= 0.6 is 0 Å². The molecule has 2 aromatic heterocycles. The van der Waals surface area contributed by atoms with Crippen LogP contribution in [-0.2, 0) is 17.1 Å². The van der Waals surface area contributed by atoms with Crippen molar-refractivity contribution in [3.8, 4) is 0 Å². The summed E-state index contributed by atoms with van der Waals surface area (Å²) in [6.07, 6.45) is 3.36. The SMILES string of the molecule is CCN(CC)S(=O)(=O)c1cc(C(=O)N2CCCC(c3nc4ccccc4[nH]3)C2)n(C)c1. The van der Waals surface area contributed by atoms with Crippen LogP contribution in [0, 0.1) is 0 Å². The van der Waals surface area contributed by atoms with Crippen molar-refractivity contribution in [3.05, 3.63) is 48.0 Å². The van der Waals surface area contributed by atoms with E-state index in [1.165, 1.54) is 16.6 Å². The molecule has 166 valence electrons. The quantitative estimate of drug-likeness (QED) is 0.634. The van der Waals surface area contributed by atoms with Crippen LogP contribution in [0.2, 0.25) is 0 Å². The number of amides is 1. The number of likely N-dealkylation sites (tertiary alicyclic amines) is 1. The normalized spacial score (nSPS) is 17.5. The number of hydrogen-bond acceptors (Lipinski definition) is 4. The standard InChI is InChI=1S/C22H29N5O3S/c1-4-27(5-2)31(29,30)17-13-20(25(3)15-17)22(28)26-12-8-9-16(14-26)21-23-18-10-6-7-11-19(18)24-21/h6-7,10-11,13,15-16H,4-5,8-9,12,14H2,1-3H3,(H,23,24). The average molecular weight is 444 g/mol. The van der Waals surface area contributed by atoms with E-state index in [2.05, 4.69) is 4.98 Å². The molecule has 9 heteroatoms. The lowest BCUT2D eigenvalue weighted by molar-refractivity contribution is 0.0695. The molecule has 1 unspecified atom stereocenters. The van der Waals surface area contributed by atoms with Gasteiger partial charge in [0.25, 0.3) is 5.91 Å². The van der Waals surface area contributed by atoms with Gasteiger partial charge in [-0.15, -0.1) is 0 Å². The van der Waals surface area contributed by atoms with E-state index in [9.17, 15) is 13.2 Å². The Morgan fingerprint density at radius 1 is 1.26 bits per heavy atom. The van der Waals surface area contributed by atoms with E-state index >= 15 is 0 Å². The van der Waals surface area contributed by atoms with Crippen LogP contribution in [0.15, 0.2) is 41.4 Å². The van der Waals surface area contributed by atoms with Crippen LogP contribution in [0.25, 0.3) is 11.0 Å². The Morgan fingerprint density at radius 3 is 2.71 bits per heavy atom. The summed E-state index contributed by atoms with van der Waals surface area (Å²) in [6, 6.07) is 9.41. The Labute approximate surface area is 182 Å². The zero-order valence-corrected chi connectivity index (χ0v) is 19.0. The molecule has 1 aliphatic rings. The maximum absolute atomic E-state index is 13.3. The lowest BCUT2D eigenvalue weighted by Gasteiger charge is -2.32. The molecule has 0 aliphatic carbocycles. The van der Waals surface area contributed by atoms with Gasteiger partial charge in [0.2, 0.25) is 10.0 Å². The molecule has 0 bridgehead atoms. The highest BCUT2D eigenvalue weighted by Crippen LogP contribution is 2.28. The molecule has 3 aromatic rings. The number of carbonyl (C=O) groups is 1. The number of H-pyrrole nitrogens is 1. The summed E-state index contributed by atoms with van der Waals surface area (Å²) in [5, 5.41) is 0. The highest BCUT2D eigenvalue weighted by molar-refractivity contribution is 7.89.